The highest BCUT2D eigenvalue weighted by molar-refractivity contribution is 6.72. The molecule has 1 rings (SSSR count). The van der Waals surface area contributed by atoms with Gasteiger partial charge in [0.1, 0.15) is 0 Å². The number of hydrogen-bond acceptors (Lipinski definition) is 0. The lowest BCUT2D eigenvalue weighted by atomic mass is 9.86. The fourth-order valence-electron chi connectivity index (χ4n) is 1.92. The van der Waals surface area contributed by atoms with Crippen molar-refractivity contribution in [3.05, 3.63) is 35.9 Å². The van der Waals surface area contributed by atoms with Crippen molar-refractivity contribution < 1.29 is 0 Å². The maximum atomic E-state index is 3.91. The molecule has 0 aliphatic rings. The van der Waals surface area contributed by atoms with Crippen LogP contribution in [0.4, 0.5) is 0 Å². The summed E-state index contributed by atoms with van der Waals surface area (Å²) in [5.41, 5.74) is 3.04. The standard InChI is InChI=1S/C14H21Si/c1-7-11-9-8-10-12(14(2,3)4)13(11)15(5)6/h7-10H,1H2,2-6H3. The molecule has 0 atom stereocenters. The fourth-order valence-corrected chi connectivity index (χ4v) is 3.68. The van der Waals surface area contributed by atoms with Gasteiger partial charge in [0.05, 0.1) is 8.80 Å². The van der Waals surface area contributed by atoms with Crippen LogP contribution in [0.5, 0.6) is 0 Å². The molecule has 15 heavy (non-hydrogen) atoms. The average Bonchev–Trinajstić information content (AvgIpc) is 2.15. The molecular weight excluding hydrogens is 196 g/mol. The summed E-state index contributed by atoms with van der Waals surface area (Å²) in [5, 5.41) is 1.55. The quantitative estimate of drug-likeness (QED) is 0.664. The molecule has 0 bridgehead atoms. The van der Waals surface area contributed by atoms with Gasteiger partial charge in [-0.2, -0.15) is 0 Å². The highest BCUT2D eigenvalue weighted by Gasteiger charge is 2.20. The molecule has 0 saturated carbocycles. The molecule has 0 aliphatic carbocycles. The Hall–Kier alpha value is -0.823. The first kappa shape index (κ1) is 12.2. The van der Waals surface area contributed by atoms with E-state index in [9.17, 15) is 0 Å². The minimum absolute atomic E-state index is 0.232. The lowest BCUT2D eigenvalue weighted by Crippen LogP contribution is -2.34. The van der Waals surface area contributed by atoms with E-state index in [-0.39, 0.29) is 5.41 Å². The van der Waals surface area contributed by atoms with Crippen molar-refractivity contribution in [1.29, 1.82) is 0 Å². The maximum Gasteiger partial charge on any atom is 0.0803 e. The van der Waals surface area contributed by atoms with Crippen molar-refractivity contribution in [3.8, 4) is 0 Å². The molecule has 1 heteroatoms. The second kappa shape index (κ2) is 4.36. The molecule has 0 spiro atoms. The molecule has 0 aromatic heterocycles. The van der Waals surface area contributed by atoms with Gasteiger partial charge in [0.15, 0.2) is 0 Å². The van der Waals surface area contributed by atoms with Crippen molar-refractivity contribution in [3.63, 3.8) is 0 Å². The molecule has 0 aliphatic heterocycles. The summed E-state index contributed by atoms with van der Waals surface area (Å²) < 4.78 is 0. The Balaban J connectivity index is 3.45. The Kier molecular flexibility index (Phi) is 3.56. The summed E-state index contributed by atoms with van der Waals surface area (Å²) in [6.07, 6.45) is 1.99. The van der Waals surface area contributed by atoms with Crippen LogP contribution < -0.4 is 5.19 Å². The molecule has 1 radical (unpaired) electrons. The van der Waals surface area contributed by atoms with E-state index in [2.05, 4.69) is 58.6 Å². The largest absolute Gasteiger partial charge is 0.0985 e. The van der Waals surface area contributed by atoms with Crippen molar-refractivity contribution >= 4 is 20.1 Å². The number of benzene rings is 1. The zero-order chi connectivity index (χ0) is 11.6. The van der Waals surface area contributed by atoms with Gasteiger partial charge in [-0.25, -0.2) is 0 Å². The molecular formula is C14H21Si. The van der Waals surface area contributed by atoms with E-state index in [0.29, 0.717) is 0 Å². The van der Waals surface area contributed by atoms with Crippen molar-refractivity contribution in [2.45, 2.75) is 39.3 Å². The fraction of sp³-hybridized carbons (Fsp3) is 0.429. The first-order valence-electron chi connectivity index (χ1n) is 5.44. The molecule has 0 N–H and O–H groups in total. The van der Waals surface area contributed by atoms with Crippen molar-refractivity contribution in [1.82, 2.24) is 0 Å². The summed E-state index contributed by atoms with van der Waals surface area (Å²) in [5.74, 6) is 0. The van der Waals surface area contributed by atoms with E-state index in [1.165, 1.54) is 11.1 Å². The van der Waals surface area contributed by atoms with Gasteiger partial charge in [0.2, 0.25) is 0 Å². The van der Waals surface area contributed by atoms with Crippen LogP contribution in [0, 0.1) is 0 Å². The van der Waals surface area contributed by atoms with Gasteiger partial charge in [-0.15, -0.1) is 0 Å². The number of rotatable bonds is 2. The minimum atomic E-state index is -0.437. The van der Waals surface area contributed by atoms with E-state index < -0.39 is 8.80 Å². The van der Waals surface area contributed by atoms with Gasteiger partial charge in [-0.05, 0) is 16.5 Å². The molecule has 1 aromatic carbocycles. The highest BCUT2D eigenvalue weighted by Crippen LogP contribution is 2.22. The van der Waals surface area contributed by atoms with Gasteiger partial charge in [-0.3, -0.25) is 0 Å². The van der Waals surface area contributed by atoms with E-state index in [4.69, 9.17) is 0 Å². The Morgan fingerprint density at radius 1 is 1.20 bits per heavy atom. The Labute approximate surface area is 95.6 Å². The predicted octanol–water partition coefficient (Wildman–Crippen LogP) is 3.59. The topological polar surface area (TPSA) is 0 Å². The van der Waals surface area contributed by atoms with E-state index >= 15 is 0 Å². The minimum Gasteiger partial charge on any atom is -0.0985 e. The van der Waals surface area contributed by atoms with Crippen molar-refractivity contribution in [2.75, 3.05) is 0 Å². The van der Waals surface area contributed by atoms with E-state index in [1.807, 2.05) is 6.08 Å². The van der Waals surface area contributed by atoms with Crippen LogP contribution in [0.1, 0.15) is 31.9 Å². The van der Waals surface area contributed by atoms with Crippen LogP contribution in [0.3, 0.4) is 0 Å². The van der Waals surface area contributed by atoms with Gasteiger partial charge in [-0.1, -0.05) is 69.9 Å². The lowest BCUT2D eigenvalue weighted by Gasteiger charge is -2.26. The Morgan fingerprint density at radius 3 is 2.20 bits per heavy atom. The zero-order valence-electron chi connectivity index (χ0n) is 10.5. The molecule has 0 saturated heterocycles. The van der Waals surface area contributed by atoms with Gasteiger partial charge in [0, 0.05) is 0 Å². The first-order chi connectivity index (χ1) is 6.88. The van der Waals surface area contributed by atoms with Crippen LogP contribution >= 0.6 is 0 Å². The monoisotopic (exact) mass is 217 g/mol. The van der Waals surface area contributed by atoms with Crippen molar-refractivity contribution in [2.24, 2.45) is 0 Å². The molecule has 81 valence electrons. The third-order valence-electron chi connectivity index (χ3n) is 2.62. The molecule has 1 aromatic rings. The summed E-state index contributed by atoms with van der Waals surface area (Å²) in [6.45, 7) is 15.5. The normalized spacial score (nSPS) is 11.9. The summed E-state index contributed by atoms with van der Waals surface area (Å²) in [7, 11) is -0.437. The highest BCUT2D eigenvalue weighted by atomic mass is 28.3. The van der Waals surface area contributed by atoms with Crippen LogP contribution in [0.2, 0.25) is 13.1 Å². The van der Waals surface area contributed by atoms with E-state index in [0.717, 1.165) is 0 Å². The molecule has 0 unspecified atom stereocenters. The molecule has 0 fully saturated rings. The average molecular weight is 217 g/mol. The first-order valence-corrected chi connectivity index (χ1v) is 7.94. The van der Waals surface area contributed by atoms with Crippen LogP contribution in [-0.4, -0.2) is 8.80 Å². The summed E-state index contributed by atoms with van der Waals surface area (Å²) >= 11 is 0. The second-order valence-corrected chi connectivity index (χ2v) is 7.72. The maximum absolute atomic E-state index is 3.91. The predicted molar refractivity (Wildman–Crippen MR) is 72.3 cm³/mol. The summed E-state index contributed by atoms with van der Waals surface area (Å²) in [6, 6.07) is 6.58. The van der Waals surface area contributed by atoms with Gasteiger partial charge in [0.25, 0.3) is 0 Å². The van der Waals surface area contributed by atoms with Gasteiger partial charge >= 0.3 is 0 Å². The van der Waals surface area contributed by atoms with Crippen LogP contribution in [0.15, 0.2) is 24.8 Å². The third kappa shape index (κ3) is 2.60. The van der Waals surface area contributed by atoms with Crippen LogP contribution in [0.25, 0.3) is 6.08 Å². The zero-order valence-corrected chi connectivity index (χ0v) is 11.5. The number of hydrogen-bond donors (Lipinski definition) is 0. The SMILES string of the molecule is C=Cc1cccc(C(C)(C)C)c1[Si](C)C. The second-order valence-electron chi connectivity index (χ2n) is 5.22. The summed E-state index contributed by atoms with van der Waals surface area (Å²) in [4.78, 5) is 0. The molecule has 0 heterocycles. The molecule has 0 nitrogen and oxygen atoms in total. The van der Waals surface area contributed by atoms with Gasteiger partial charge < -0.3 is 0 Å². The van der Waals surface area contributed by atoms with Crippen LogP contribution in [-0.2, 0) is 5.41 Å². The Morgan fingerprint density at radius 2 is 1.80 bits per heavy atom. The smallest absolute Gasteiger partial charge is 0.0803 e. The van der Waals surface area contributed by atoms with E-state index in [1.54, 1.807) is 5.19 Å². The lowest BCUT2D eigenvalue weighted by molar-refractivity contribution is 0.594. The Bertz CT molecular complexity index is 356. The third-order valence-corrected chi connectivity index (χ3v) is 4.18. The molecule has 0 amide bonds.